The molecule has 1 aliphatic heterocycles. The number of aliphatic carboxylic acids is 1. The van der Waals surface area contributed by atoms with Crippen LogP contribution in [0.4, 0.5) is 5.69 Å². The number of carbonyl (C=O) groups is 2. The molecule has 0 aliphatic carbocycles. The van der Waals surface area contributed by atoms with Crippen LogP contribution in [0.25, 0.3) is 0 Å². The second kappa shape index (κ2) is 7.50. The van der Waals surface area contributed by atoms with Gasteiger partial charge < -0.3 is 10.0 Å². The molecule has 2 aromatic rings. The van der Waals surface area contributed by atoms with Crippen molar-refractivity contribution in [3.05, 3.63) is 59.7 Å². The van der Waals surface area contributed by atoms with Gasteiger partial charge in [-0.3, -0.25) is 9.59 Å². The van der Waals surface area contributed by atoms with E-state index in [2.05, 4.69) is 4.72 Å². The number of nitrogens with zero attached hydrogens (tertiary/aromatic N) is 1. The lowest BCUT2D eigenvalue weighted by Gasteiger charge is -2.17. The average molecular weight is 388 g/mol. The second-order valence-electron chi connectivity index (χ2n) is 6.28. The molecule has 0 bridgehead atoms. The van der Waals surface area contributed by atoms with Gasteiger partial charge in [0.2, 0.25) is 15.9 Å². The minimum atomic E-state index is -3.54. The summed E-state index contributed by atoms with van der Waals surface area (Å²) in [5.41, 5.74) is 1.90. The van der Waals surface area contributed by atoms with Crippen LogP contribution in [0.2, 0.25) is 0 Å². The predicted molar refractivity (Wildman–Crippen MR) is 100 cm³/mol. The molecule has 0 radical (unpaired) electrons. The number of hydrogen-bond donors (Lipinski definition) is 2. The third kappa shape index (κ3) is 3.86. The topological polar surface area (TPSA) is 104 Å². The van der Waals surface area contributed by atoms with Gasteiger partial charge in [0.25, 0.3) is 0 Å². The summed E-state index contributed by atoms with van der Waals surface area (Å²) in [7, 11) is -3.54. The summed E-state index contributed by atoms with van der Waals surface area (Å²) in [4.78, 5) is 25.8. The molecule has 27 heavy (non-hydrogen) atoms. The fraction of sp³-hybridized carbons (Fsp3) is 0.263. The number of carboxylic acids is 1. The van der Waals surface area contributed by atoms with E-state index in [0.29, 0.717) is 23.4 Å². The van der Waals surface area contributed by atoms with Crippen molar-refractivity contribution in [2.45, 2.75) is 24.2 Å². The number of rotatable bonds is 6. The lowest BCUT2D eigenvalue weighted by molar-refractivity contribution is -0.138. The lowest BCUT2D eigenvalue weighted by atomic mass is 10.0. The Bertz CT molecular complexity index is 970. The largest absolute Gasteiger partial charge is 0.481 e. The fourth-order valence-electron chi connectivity index (χ4n) is 3.18. The molecule has 1 heterocycles. The van der Waals surface area contributed by atoms with Crippen LogP contribution < -0.4 is 9.62 Å². The molecule has 2 aromatic carbocycles. The smallest absolute Gasteiger partial charge is 0.312 e. The highest BCUT2D eigenvalue weighted by atomic mass is 32.2. The van der Waals surface area contributed by atoms with Gasteiger partial charge in [-0.2, -0.15) is 0 Å². The Hall–Kier alpha value is -2.71. The van der Waals surface area contributed by atoms with E-state index in [0.717, 1.165) is 0 Å². The maximum atomic E-state index is 12.7. The molecule has 0 saturated carbocycles. The first-order valence-electron chi connectivity index (χ1n) is 8.54. The minimum absolute atomic E-state index is 0.0577. The van der Waals surface area contributed by atoms with E-state index < -0.39 is 21.9 Å². The van der Waals surface area contributed by atoms with Crippen LogP contribution in [0.15, 0.2) is 53.4 Å². The van der Waals surface area contributed by atoms with Gasteiger partial charge in [0, 0.05) is 18.8 Å². The summed E-state index contributed by atoms with van der Waals surface area (Å²) in [6.07, 6.45) is 0.0577. The van der Waals surface area contributed by atoms with Gasteiger partial charge in [-0.1, -0.05) is 37.3 Å². The van der Waals surface area contributed by atoms with Crippen molar-refractivity contribution in [2.75, 3.05) is 18.0 Å². The first-order chi connectivity index (χ1) is 12.8. The van der Waals surface area contributed by atoms with Crippen molar-refractivity contribution in [1.29, 1.82) is 0 Å². The summed E-state index contributed by atoms with van der Waals surface area (Å²) >= 11 is 0. The molecule has 1 amide bonds. The van der Waals surface area contributed by atoms with Gasteiger partial charge in [0.05, 0.1) is 11.3 Å². The molecule has 8 heteroatoms. The highest BCUT2D eigenvalue weighted by Crippen LogP contribution is 2.36. The molecule has 2 N–H and O–H groups in total. The fourth-order valence-corrected chi connectivity index (χ4v) is 4.23. The van der Waals surface area contributed by atoms with Crippen molar-refractivity contribution in [3.8, 4) is 0 Å². The van der Waals surface area contributed by atoms with Gasteiger partial charge in [-0.05, 0) is 29.3 Å². The molecule has 3 rings (SSSR count). The summed E-state index contributed by atoms with van der Waals surface area (Å²) in [6, 6.07) is 13.1. The predicted octanol–water partition coefficient (Wildman–Crippen LogP) is 1.74. The van der Waals surface area contributed by atoms with Gasteiger partial charge in [0.1, 0.15) is 5.92 Å². The monoisotopic (exact) mass is 388 g/mol. The highest BCUT2D eigenvalue weighted by Gasteiger charge is 2.36. The van der Waals surface area contributed by atoms with Crippen LogP contribution in [0.1, 0.15) is 24.0 Å². The van der Waals surface area contributed by atoms with E-state index in [-0.39, 0.29) is 23.8 Å². The Kier molecular flexibility index (Phi) is 5.29. The van der Waals surface area contributed by atoms with Crippen LogP contribution in [0.5, 0.6) is 0 Å². The Morgan fingerprint density at radius 1 is 1.15 bits per heavy atom. The quantitative estimate of drug-likeness (QED) is 0.785. The molecule has 7 nitrogen and oxygen atoms in total. The van der Waals surface area contributed by atoms with Crippen molar-refractivity contribution < 1.29 is 23.1 Å². The first kappa shape index (κ1) is 19.1. The Labute approximate surface area is 157 Å². The molecular formula is C19H20N2O5S. The van der Waals surface area contributed by atoms with Crippen molar-refractivity contribution in [2.24, 2.45) is 0 Å². The Morgan fingerprint density at radius 3 is 2.44 bits per heavy atom. The molecule has 0 aromatic heterocycles. The Morgan fingerprint density at radius 2 is 1.81 bits per heavy atom. The van der Waals surface area contributed by atoms with Crippen LogP contribution in [-0.2, 0) is 26.0 Å². The summed E-state index contributed by atoms with van der Waals surface area (Å²) < 4.78 is 26.4. The van der Waals surface area contributed by atoms with Gasteiger partial charge in [-0.15, -0.1) is 0 Å². The van der Waals surface area contributed by atoms with Gasteiger partial charge >= 0.3 is 5.97 Å². The second-order valence-corrected chi connectivity index (χ2v) is 8.04. The molecule has 0 spiro atoms. The molecule has 142 valence electrons. The molecule has 0 saturated heterocycles. The van der Waals surface area contributed by atoms with E-state index in [4.69, 9.17) is 0 Å². The number of para-hydroxylation sites is 1. The zero-order valence-corrected chi connectivity index (χ0v) is 15.6. The van der Waals surface area contributed by atoms with Crippen LogP contribution >= 0.6 is 0 Å². The molecular weight excluding hydrogens is 368 g/mol. The minimum Gasteiger partial charge on any atom is -0.481 e. The first-order valence-corrected chi connectivity index (χ1v) is 10.0. The Balaban J connectivity index is 1.77. The van der Waals surface area contributed by atoms with E-state index >= 15 is 0 Å². The van der Waals surface area contributed by atoms with E-state index in [9.17, 15) is 23.1 Å². The number of fused-ring (bicyclic) bond motifs is 1. The third-order valence-corrected chi connectivity index (χ3v) is 6.05. The molecule has 1 aliphatic rings. The normalized spacial score (nSPS) is 16.2. The average Bonchev–Trinajstić information content (AvgIpc) is 3.02. The van der Waals surface area contributed by atoms with Crippen LogP contribution in [-0.4, -0.2) is 38.5 Å². The van der Waals surface area contributed by atoms with Gasteiger partial charge in [0.15, 0.2) is 0 Å². The summed E-state index contributed by atoms with van der Waals surface area (Å²) in [6.45, 7) is 2.09. The molecule has 1 atom stereocenters. The molecule has 1 unspecified atom stereocenters. The third-order valence-electron chi connectivity index (χ3n) is 4.49. The van der Waals surface area contributed by atoms with Crippen molar-refractivity contribution in [1.82, 2.24) is 4.72 Å². The van der Waals surface area contributed by atoms with E-state index in [1.165, 1.54) is 17.0 Å². The number of hydrogen-bond acceptors (Lipinski definition) is 4. The zero-order chi connectivity index (χ0) is 19.6. The number of sulfonamides is 1. The number of carbonyl (C=O) groups excluding carboxylic acids is 1. The van der Waals surface area contributed by atoms with Crippen molar-refractivity contribution >= 4 is 27.6 Å². The number of benzene rings is 2. The van der Waals surface area contributed by atoms with Crippen LogP contribution in [0.3, 0.4) is 0 Å². The van der Waals surface area contributed by atoms with Crippen molar-refractivity contribution in [3.63, 3.8) is 0 Å². The number of amides is 1. The standard InChI is InChI=1S/C19H20N2O5S/c1-2-20-27(25,26)14-9-7-13(8-10-14)11-18(22)21-12-16(19(23)24)15-5-3-4-6-17(15)21/h3-10,16,20H,2,11-12H2,1H3,(H,23,24). The summed E-state index contributed by atoms with van der Waals surface area (Å²) in [5.74, 6) is -1.93. The number of anilines is 1. The molecule has 0 fully saturated rings. The van der Waals surface area contributed by atoms with Crippen LogP contribution in [0, 0.1) is 0 Å². The number of carboxylic acid groups (broad SMARTS) is 1. The highest BCUT2D eigenvalue weighted by molar-refractivity contribution is 7.89. The number of nitrogens with one attached hydrogen (secondary N) is 1. The maximum Gasteiger partial charge on any atom is 0.312 e. The van der Waals surface area contributed by atoms with E-state index in [1.807, 2.05) is 0 Å². The maximum absolute atomic E-state index is 12.7. The zero-order valence-electron chi connectivity index (χ0n) is 14.8. The van der Waals surface area contributed by atoms with Gasteiger partial charge in [-0.25, -0.2) is 13.1 Å². The lowest BCUT2D eigenvalue weighted by Crippen LogP contribution is -2.32. The SMILES string of the molecule is CCNS(=O)(=O)c1ccc(CC(=O)N2CC(C(=O)O)c3ccccc32)cc1. The van der Waals surface area contributed by atoms with E-state index in [1.54, 1.807) is 43.3 Å². The summed E-state index contributed by atoms with van der Waals surface area (Å²) in [5, 5.41) is 9.40.